The Balaban J connectivity index is 1.49. The van der Waals surface area contributed by atoms with Gasteiger partial charge in [-0.15, -0.1) is 0 Å². The summed E-state index contributed by atoms with van der Waals surface area (Å²) in [5.74, 6) is -0.364. The summed E-state index contributed by atoms with van der Waals surface area (Å²) in [5, 5.41) is 5.55. The van der Waals surface area contributed by atoms with E-state index < -0.39 is 0 Å². The van der Waals surface area contributed by atoms with Gasteiger partial charge in [0.25, 0.3) is 0 Å². The van der Waals surface area contributed by atoms with Crippen LogP contribution in [0.25, 0.3) is 0 Å². The smallest absolute Gasteiger partial charge is 0.243 e. The summed E-state index contributed by atoms with van der Waals surface area (Å²) >= 11 is 0. The molecule has 0 aliphatic carbocycles. The average molecular weight is 337 g/mol. The van der Waals surface area contributed by atoms with Gasteiger partial charge < -0.3 is 15.5 Å². The van der Waals surface area contributed by atoms with E-state index in [1.165, 1.54) is 5.56 Å². The lowest BCUT2D eigenvalue weighted by Gasteiger charge is -2.18. The standard InChI is InChI=1S/C20H23N3O2/c1-14-6-5-8-17(15(14)2)22-19(24)12-21-20(25)13-23-11-10-16-7-3-4-9-18(16)23/h3-9H,10-13H2,1-2H3,(H,21,25)(H,22,24). The maximum Gasteiger partial charge on any atom is 0.243 e. The van der Waals surface area contributed by atoms with Crippen LogP contribution >= 0.6 is 0 Å². The second-order valence-electron chi connectivity index (χ2n) is 6.37. The van der Waals surface area contributed by atoms with Crippen molar-refractivity contribution in [2.45, 2.75) is 20.3 Å². The highest BCUT2D eigenvalue weighted by Gasteiger charge is 2.20. The summed E-state index contributed by atoms with van der Waals surface area (Å²) in [5.41, 5.74) is 5.32. The lowest BCUT2D eigenvalue weighted by molar-refractivity contribution is -0.123. The second kappa shape index (κ2) is 7.38. The Labute approximate surface area is 148 Å². The van der Waals surface area contributed by atoms with Crippen LogP contribution in [0.3, 0.4) is 0 Å². The molecule has 1 heterocycles. The normalized spacial score (nSPS) is 12.6. The monoisotopic (exact) mass is 337 g/mol. The third-order valence-corrected chi connectivity index (χ3v) is 4.64. The molecule has 0 spiro atoms. The van der Waals surface area contributed by atoms with Gasteiger partial charge in [0, 0.05) is 17.9 Å². The average Bonchev–Trinajstić information content (AvgIpc) is 3.00. The van der Waals surface area contributed by atoms with Gasteiger partial charge in [0.1, 0.15) is 0 Å². The Morgan fingerprint density at radius 2 is 1.84 bits per heavy atom. The van der Waals surface area contributed by atoms with Crippen molar-refractivity contribution >= 4 is 23.2 Å². The highest BCUT2D eigenvalue weighted by Crippen LogP contribution is 2.26. The lowest BCUT2D eigenvalue weighted by atomic mass is 10.1. The van der Waals surface area contributed by atoms with E-state index in [0.29, 0.717) is 0 Å². The highest BCUT2D eigenvalue weighted by molar-refractivity contribution is 5.95. The van der Waals surface area contributed by atoms with Crippen molar-refractivity contribution in [3.8, 4) is 0 Å². The van der Waals surface area contributed by atoms with Crippen LogP contribution in [0.5, 0.6) is 0 Å². The molecule has 0 saturated heterocycles. The van der Waals surface area contributed by atoms with Gasteiger partial charge in [0.15, 0.2) is 0 Å². The molecule has 2 aromatic rings. The summed E-state index contributed by atoms with van der Waals surface area (Å²) in [6.07, 6.45) is 0.955. The first kappa shape index (κ1) is 17.0. The van der Waals surface area contributed by atoms with Crippen LogP contribution in [0.4, 0.5) is 11.4 Å². The van der Waals surface area contributed by atoms with Gasteiger partial charge >= 0.3 is 0 Å². The SMILES string of the molecule is Cc1cccc(NC(=O)CNC(=O)CN2CCc3ccccc32)c1C. The maximum absolute atomic E-state index is 12.2. The van der Waals surface area contributed by atoms with E-state index in [1.54, 1.807) is 0 Å². The number of anilines is 2. The number of para-hydroxylation sites is 1. The molecule has 0 unspecified atom stereocenters. The van der Waals surface area contributed by atoms with Gasteiger partial charge in [-0.05, 0) is 49.1 Å². The predicted molar refractivity (Wildman–Crippen MR) is 99.9 cm³/mol. The summed E-state index contributed by atoms with van der Waals surface area (Å²) in [6, 6.07) is 13.9. The van der Waals surface area contributed by atoms with Crippen molar-refractivity contribution in [1.29, 1.82) is 0 Å². The predicted octanol–water partition coefficient (Wildman–Crippen LogP) is 2.42. The summed E-state index contributed by atoms with van der Waals surface area (Å²) in [7, 11) is 0. The fourth-order valence-electron chi connectivity index (χ4n) is 3.06. The number of carbonyl (C=O) groups is 2. The molecular weight excluding hydrogens is 314 g/mol. The maximum atomic E-state index is 12.2. The van der Waals surface area contributed by atoms with Gasteiger partial charge in [-0.1, -0.05) is 30.3 Å². The lowest BCUT2D eigenvalue weighted by Crippen LogP contribution is -2.40. The molecule has 0 atom stereocenters. The minimum absolute atomic E-state index is 0.0261. The number of benzene rings is 2. The van der Waals surface area contributed by atoms with Crippen LogP contribution in [0.2, 0.25) is 0 Å². The van der Waals surface area contributed by atoms with Gasteiger partial charge in [-0.25, -0.2) is 0 Å². The van der Waals surface area contributed by atoms with E-state index in [-0.39, 0.29) is 24.9 Å². The zero-order chi connectivity index (χ0) is 17.8. The van der Waals surface area contributed by atoms with Crippen molar-refractivity contribution < 1.29 is 9.59 Å². The largest absolute Gasteiger partial charge is 0.362 e. The minimum Gasteiger partial charge on any atom is -0.362 e. The van der Waals surface area contributed by atoms with E-state index in [0.717, 1.165) is 35.5 Å². The van der Waals surface area contributed by atoms with Gasteiger partial charge in [0.2, 0.25) is 11.8 Å². The molecule has 5 nitrogen and oxygen atoms in total. The number of fused-ring (bicyclic) bond motifs is 1. The molecule has 2 aromatic carbocycles. The van der Waals surface area contributed by atoms with Crippen LogP contribution in [-0.4, -0.2) is 31.4 Å². The topological polar surface area (TPSA) is 61.4 Å². The third kappa shape index (κ3) is 3.99. The zero-order valence-electron chi connectivity index (χ0n) is 14.6. The quantitative estimate of drug-likeness (QED) is 0.881. The molecule has 0 saturated carbocycles. The Morgan fingerprint density at radius 3 is 2.68 bits per heavy atom. The van der Waals surface area contributed by atoms with Crippen LogP contribution in [0.15, 0.2) is 42.5 Å². The summed E-state index contributed by atoms with van der Waals surface area (Å²) < 4.78 is 0. The van der Waals surface area contributed by atoms with Gasteiger partial charge in [0.05, 0.1) is 13.1 Å². The molecular formula is C20H23N3O2. The molecule has 0 aromatic heterocycles. The van der Waals surface area contributed by atoms with Crippen molar-refractivity contribution in [2.24, 2.45) is 0 Å². The highest BCUT2D eigenvalue weighted by atomic mass is 16.2. The molecule has 2 amide bonds. The number of amides is 2. The third-order valence-electron chi connectivity index (χ3n) is 4.64. The molecule has 5 heteroatoms. The van der Waals surface area contributed by atoms with E-state index in [9.17, 15) is 9.59 Å². The molecule has 0 fully saturated rings. The Kier molecular flexibility index (Phi) is 5.03. The molecule has 3 rings (SSSR count). The molecule has 130 valence electrons. The second-order valence-corrected chi connectivity index (χ2v) is 6.37. The number of aryl methyl sites for hydroxylation is 1. The number of nitrogens with zero attached hydrogens (tertiary/aromatic N) is 1. The Morgan fingerprint density at radius 1 is 1.04 bits per heavy atom. The van der Waals surface area contributed by atoms with E-state index in [4.69, 9.17) is 0 Å². The number of hydrogen-bond donors (Lipinski definition) is 2. The fraction of sp³-hybridized carbons (Fsp3) is 0.300. The molecule has 25 heavy (non-hydrogen) atoms. The van der Waals surface area contributed by atoms with E-state index >= 15 is 0 Å². The molecule has 1 aliphatic heterocycles. The number of nitrogens with one attached hydrogen (secondary N) is 2. The van der Waals surface area contributed by atoms with Crippen molar-refractivity contribution in [1.82, 2.24) is 5.32 Å². The summed E-state index contributed by atoms with van der Waals surface area (Å²) in [6.45, 7) is 5.05. The van der Waals surface area contributed by atoms with Crippen LogP contribution < -0.4 is 15.5 Å². The first-order valence-electron chi connectivity index (χ1n) is 8.50. The number of carbonyl (C=O) groups excluding carboxylic acids is 2. The fourth-order valence-corrected chi connectivity index (χ4v) is 3.06. The van der Waals surface area contributed by atoms with Crippen molar-refractivity contribution in [2.75, 3.05) is 29.9 Å². The first-order valence-corrected chi connectivity index (χ1v) is 8.50. The van der Waals surface area contributed by atoms with Gasteiger partial charge in [-0.3, -0.25) is 9.59 Å². The first-order chi connectivity index (χ1) is 12.0. The zero-order valence-corrected chi connectivity index (χ0v) is 14.6. The minimum atomic E-state index is -0.219. The number of hydrogen-bond acceptors (Lipinski definition) is 3. The van der Waals surface area contributed by atoms with Crippen molar-refractivity contribution in [3.05, 3.63) is 59.2 Å². The van der Waals surface area contributed by atoms with Crippen LogP contribution in [-0.2, 0) is 16.0 Å². The molecule has 0 bridgehead atoms. The summed E-state index contributed by atoms with van der Waals surface area (Å²) in [4.78, 5) is 26.3. The van der Waals surface area contributed by atoms with Gasteiger partial charge in [-0.2, -0.15) is 0 Å². The van der Waals surface area contributed by atoms with Crippen molar-refractivity contribution in [3.63, 3.8) is 0 Å². The molecule has 2 N–H and O–H groups in total. The van der Waals surface area contributed by atoms with Crippen LogP contribution in [0.1, 0.15) is 16.7 Å². The van der Waals surface area contributed by atoms with E-state index in [2.05, 4.69) is 16.7 Å². The number of rotatable bonds is 5. The Bertz CT molecular complexity index is 801. The molecule has 0 radical (unpaired) electrons. The Hall–Kier alpha value is -2.82. The molecule has 1 aliphatic rings. The van der Waals surface area contributed by atoms with Crippen LogP contribution in [0, 0.1) is 13.8 Å². The van der Waals surface area contributed by atoms with E-state index in [1.807, 2.05) is 55.1 Å².